The SMILES string of the molecule is CN1CCN(CC(=O)c2ccccc2Br)C(C)(C)C1=O. The van der Waals surface area contributed by atoms with E-state index >= 15 is 0 Å². The average molecular weight is 339 g/mol. The number of piperazine rings is 1. The summed E-state index contributed by atoms with van der Waals surface area (Å²) in [6.45, 7) is 5.38. The number of hydrogen-bond donors (Lipinski definition) is 0. The van der Waals surface area contributed by atoms with Gasteiger partial charge in [-0.25, -0.2) is 0 Å². The monoisotopic (exact) mass is 338 g/mol. The largest absolute Gasteiger partial charge is 0.343 e. The molecule has 0 aromatic heterocycles. The van der Waals surface area contributed by atoms with Crippen LogP contribution in [0, 0.1) is 0 Å². The van der Waals surface area contributed by atoms with Gasteiger partial charge in [0.05, 0.1) is 12.1 Å². The zero-order valence-electron chi connectivity index (χ0n) is 12.0. The Morgan fingerprint density at radius 3 is 2.60 bits per heavy atom. The molecule has 1 fully saturated rings. The summed E-state index contributed by atoms with van der Waals surface area (Å²) in [6.07, 6.45) is 0. The molecule has 1 heterocycles. The number of rotatable bonds is 3. The van der Waals surface area contributed by atoms with Gasteiger partial charge in [0.2, 0.25) is 5.91 Å². The Morgan fingerprint density at radius 2 is 1.95 bits per heavy atom. The number of hydrogen-bond acceptors (Lipinski definition) is 3. The van der Waals surface area contributed by atoms with Crippen LogP contribution in [0.4, 0.5) is 0 Å². The van der Waals surface area contributed by atoms with Gasteiger partial charge < -0.3 is 4.90 Å². The first-order valence-electron chi connectivity index (χ1n) is 6.62. The Labute approximate surface area is 127 Å². The Hall–Kier alpha value is -1.20. The van der Waals surface area contributed by atoms with Crippen LogP contribution in [0.5, 0.6) is 0 Å². The van der Waals surface area contributed by atoms with Crippen LogP contribution in [0.1, 0.15) is 24.2 Å². The number of likely N-dealkylation sites (N-methyl/N-ethyl adjacent to an activating group) is 1. The van der Waals surface area contributed by atoms with Crippen LogP contribution >= 0.6 is 15.9 Å². The van der Waals surface area contributed by atoms with Crippen LogP contribution < -0.4 is 0 Å². The minimum absolute atomic E-state index is 0.0305. The predicted molar refractivity (Wildman–Crippen MR) is 81.8 cm³/mol. The molecule has 1 aromatic carbocycles. The van der Waals surface area contributed by atoms with Gasteiger partial charge in [0.15, 0.2) is 5.78 Å². The summed E-state index contributed by atoms with van der Waals surface area (Å²) < 4.78 is 0.795. The summed E-state index contributed by atoms with van der Waals surface area (Å²) in [7, 11) is 1.80. The molecule has 1 aromatic rings. The fourth-order valence-electron chi connectivity index (χ4n) is 2.48. The fraction of sp³-hybridized carbons (Fsp3) is 0.467. The highest BCUT2D eigenvalue weighted by atomic mass is 79.9. The van der Waals surface area contributed by atoms with Crippen LogP contribution in [-0.2, 0) is 4.79 Å². The van der Waals surface area contributed by atoms with Gasteiger partial charge >= 0.3 is 0 Å². The molecule has 1 aliphatic rings. The van der Waals surface area contributed by atoms with Gasteiger partial charge in [0, 0.05) is 30.2 Å². The Morgan fingerprint density at radius 1 is 1.30 bits per heavy atom. The number of amides is 1. The Balaban J connectivity index is 2.16. The van der Waals surface area contributed by atoms with Crippen molar-refractivity contribution >= 4 is 27.6 Å². The molecule has 1 saturated heterocycles. The van der Waals surface area contributed by atoms with Crippen molar-refractivity contribution in [2.75, 3.05) is 26.7 Å². The third-order valence-electron chi connectivity index (χ3n) is 3.87. The maximum Gasteiger partial charge on any atom is 0.242 e. The highest BCUT2D eigenvalue weighted by Gasteiger charge is 2.41. The second-order valence-electron chi connectivity index (χ2n) is 5.61. The van der Waals surface area contributed by atoms with Gasteiger partial charge in [-0.2, -0.15) is 0 Å². The zero-order valence-corrected chi connectivity index (χ0v) is 13.6. The number of carbonyl (C=O) groups is 2. The topological polar surface area (TPSA) is 40.6 Å². The third kappa shape index (κ3) is 2.79. The molecule has 2 rings (SSSR count). The molecule has 1 aliphatic heterocycles. The quantitative estimate of drug-likeness (QED) is 0.793. The van der Waals surface area contributed by atoms with Gasteiger partial charge in [0.1, 0.15) is 0 Å². The van der Waals surface area contributed by atoms with E-state index in [0.717, 1.165) is 4.47 Å². The zero-order chi connectivity index (χ0) is 14.9. The number of carbonyl (C=O) groups excluding carboxylic acids is 2. The van der Waals surface area contributed by atoms with Crippen molar-refractivity contribution < 1.29 is 9.59 Å². The Bertz CT molecular complexity index is 542. The average Bonchev–Trinajstić information content (AvgIpc) is 2.40. The van der Waals surface area contributed by atoms with Gasteiger partial charge in [0.25, 0.3) is 0 Å². The Kier molecular flexibility index (Phi) is 4.30. The molecule has 20 heavy (non-hydrogen) atoms. The summed E-state index contributed by atoms with van der Waals surface area (Å²) in [5.74, 6) is 0.0894. The number of halogens is 1. The van der Waals surface area contributed by atoms with Crippen molar-refractivity contribution in [2.24, 2.45) is 0 Å². The van der Waals surface area contributed by atoms with Crippen LogP contribution in [0.25, 0.3) is 0 Å². The summed E-state index contributed by atoms with van der Waals surface area (Å²) >= 11 is 3.40. The molecule has 0 bridgehead atoms. The molecule has 0 radical (unpaired) electrons. The third-order valence-corrected chi connectivity index (χ3v) is 4.57. The van der Waals surface area contributed by atoms with E-state index in [1.807, 2.05) is 36.9 Å². The summed E-state index contributed by atoms with van der Waals surface area (Å²) in [6, 6.07) is 7.38. The second-order valence-corrected chi connectivity index (χ2v) is 6.46. The standard InChI is InChI=1S/C15H19BrN2O2/c1-15(2)14(20)17(3)8-9-18(15)10-13(19)11-6-4-5-7-12(11)16/h4-7H,8-10H2,1-3H3. The highest BCUT2D eigenvalue weighted by molar-refractivity contribution is 9.10. The van der Waals surface area contributed by atoms with E-state index < -0.39 is 5.54 Å². The summed E-state index contributed by atoms with van der Waals surface area (Å²) in [5, 5.41) is 0. The first-order chi connectivity index (χ1) is 9.34. The smallest absolute Gasteiger partial charge is 0.242 e. The minimum atomic E-state index is -0.635. The van der Waals surface area contributed by atoms with Crippen molar-refractivity contribution in [3.8, 4) is 0 Å². The van der Waals surface area contributed by atoms with E-state index in [-0.39, 0.29) is 18.2 Å². The lowest BCUT2D eigenvalue weighted by Crippen LogP contribution is -2.62. The van der Waals surface area contributed by atoms with Crippen molar-refractivity contribution in [2.45, 2.75) is 19.4 Å². The molecule has 4 nitrogen and oxygen atoms in total. The molecule has 108 valence electrons. The van der Waals surface area contributed by atoms with Gasteiger partial charge in [-0.05, 0) is 19.9 Å². The van der Waals surface area contributed by atoms with Gasteiger partial charge in [-0.1, -0.05) is 34.1 Å². The van der Waals surface area contributed by atoms with Gasteiger partial charge in [-0.3, -0.25) is 14.5 Å². The van der Waals surface area contributed by atoms with Crippen molar-refractivity contribution in [3.05, 3.63) is 34.3 Å². The molecule has 0 unspecified atom stereocenters. The molecule has 0 aliphatic carbocycles. The minimum Gasteiger partial charge on any atom is -0.343 e. The van der Waals surface area contributed by atoms with Gasteiger partial charge in [-0.15, -0.1) is 0 Å². The number of benzene rings is 1. The van der Waals surface area contributed by atoms with Crippen LogP contribution in [-0.4, -0.2) is 53.7 Å². The van der Waals surface area contributed by atoms with E-state index in [4.69, 9.17) is 0 Å². The first kappa shape index (κ1) is 15.2. The molecular weight excluding hydrogens is 320 g/mol. The lowest BCUT2D eigenvalue weighted by atomic mass is 9.96. The molecule has 5 heteroatoms. The normalized spacial score (nSPS) is 19.2. The van der Waals surface area contributed by atoms with E-state index in [0.29, 0.717) is 18.7 Å². The highest BCUT2D eigenvalue weighted by Crippen LogP contribution is 2.23. The maximum absolute atomic E-state index is 12.4. The van der Waals surface area contributed by atoms with Crippen molar-refractivity contribution in [1.29, 1.82) is 0 Å². The lowest BCUT2D eigenvalue weighted by Gasteiger charge is -2.44. The molecule has 0 spiro atoms. The van der Waals surface area contributed by atoms with Crippen molar-refractivity contribution in [3.63, 3.8) is 0 Å². The summed E-state index contributed by atoms with van der Waals surface area (Å²) in [4.78, 5) is 28.3. The molecule has 1 amide bonds. The van der Waals surface area contributed by atoms with Crippen LogP contribution in [0.15, 0.2) is 28.7 Å². The maximum atomic E-state index is 12.4. The molecule has 0 saturated carbocycles. The summed E-state index contributed by atoms with van der Waals surface area (Å²) in [5.41, 5.74) is 0.0267. The van der Waals surface area contributed by atoms with E-state index in [2.05, 4.69) is 15.9 Å². The predicted octanol–water partition coefficient (Wildman–Crippen LogP) is 2.18. The van der Waals surface area contributed by atoms with Crippen molar-refractivity contribution in [1.82, 2.24) is 9.80 Å². The number of nitrogens with zero attached hydrogens (tertiary/aromatic N) is 2. The number of ketones is 1. The molecule has 0 N–H and O–H groups in total. The molecular formula is C15H19BrN2O2. The van der Waals surface area contributed by atoms with Crippen LogP contribution in [0.2, 0.25) is 0 Å². The second kappa shape index (κ2) is 5.66. The van der Waals surface area contributed by atoms with E-state index in [9.17, 15) is 9.59 Å². The van der Waals surface area contributed by atoms with E-state index in [1.54, 1.807) is 18.0 Å². The van der Waals surface area contributed by atoms with Crippen LogP contribution in [0.3, 0.4) is 0 Å². The number of Topliss-reactive ketones (excluding diaryl/α,β-unsaturated/α-hetero) is 1. The molecule has 0 atom stereocenters. The first-order valence-corrected chi connectivity index (χ1v) is 7.41. The van der Waals surface area contributed by atoms with E-state index in [1.165, 1.54) is 0 Å². The lowest BCUT2D eigenvalue weighted by molar-refractivity contribution is -0.146. The fourth-order valence-corrected chi connectivity index (χ4v) is 2.98.